The van der Waals surface area contributed by atoms with Crippen LogP contribution in [-0.4, -0.2) is 36.6 Å². The SMILES string of the molecule is CCNC(=NCc1ccccn1)NC1CCN(c2ccccc2)C1. The first-order chi connectivity index (χ1) is 11.8. The van der Waals surface area contributed by atoms with Crippen LogP contribution in [0.5, 0.6) is 0 Å². The number of anilines is 1. The van der Waals surface area contributed by atoms with Crippen LogP contribution in [0.25, 0.3) is 0 Å². The zero-order valence-electron chi connectivity index (χ0n) is 14.2. The quantitative estimate of drug-likeness (QED) is 0.655. The van der Waals surface area contributed by atoms with E-state index in [4.69, 9.17) is 0 Å². The molecule has 0 aliphatic carbocycles. The lowest BCUT2D eigenvalue weighted by Crippen LogP contribution is -2.44. The molecule has 5 nitrogen and oxygen atoms in total. The molecule has 1 aliphatic heterocycles. The molecule has 126 valence electrons. The Hall–Kier alpha value is -2.56. The van der Waals surface area contributed by atoms with E-state index in [-0.39, 0.29) is 0 Å². The minimum Gasteiger partial charge on any atom is -0.369 e. The summed E-state index contributed by atoms with van der Waals surface area (Å²) >= 11 is 0. The van der Waals surface area contributed by atoms with E-state index in [9.17, 15) is 0 Å². The first kappa shape index (κ1) is 16.3. The summed E-state index contributed by atoms with van der Waals surface area (Å²) < 4.78 is 0. The predicted octanol–water partition coefficient (Wildman–Crippen LogP) is 2.42. The van der Waals surface area contributed by atoms with Crippen LogP contribution in [0.2, 0.25) is 0 Å². The van der Waals surface area contributed by atoms with Gasteiger partial charge in [0.05, 0.1) is 12.2 Å². The van der Waals surface area contributed by atoms with Crippen molar-refractivity contribution in [3.05, 3.63) is 60.4 Å². The highest BCUT2D eigenvalue weighted by molar-refractivity contribution is 5.80. The summed E-state index contributed by atoms with van der Waals surface area (Å²) in [6.45, 7) is 5.59. The van der Waals surface area contributed by atoms with Crippen molar-refractivity contribution in [2.75, 3.05) is 24.5 Å². The van der Waals surface area contributed by atoms with Crippen molar-refractivity contribution in [1.29, 1.82) is 0 Å². The van der Waals surface area contributed by atoms with Crippen LogP contribution in [0.3, 0.4) is 0 Å². The van der Waals surface area contributed by atoms with E-state index in [0.29, 0.717) is 12.6 Å². The topological polar surface area (TPSA) is 52.6 Å². The molecule has 1 aromatic heterocycles. The molecule has 0 spiro atoms. The molecule has 1 aliphatic rings. The number of benzene rings is 1. The number of guanidine groups is 1. The van der Waals surface area contributed by atoms with Crippen molar-refractivity contribution in [2.45, 2.75) is 25.9 Å². The molecule has 1 fully saturated rings. The van der Waals surface area contributed by atoms with Crippen LogP contribution in [0.1, 0.15) is 19.0 Å². The fourth-order valence-electron chi connectivity index (χ4n) is 2.92. The Morgan fingerprint density at radius 3 is 2.79 bits per heavy atom. The Morgan fingerprint density at radius 1 is 1.21 bits per heavy atom. The number of pyridine rings is 1. The van der Waals surface area contributed by atoms with Gasteiger partial charge in [-0.1, -0.05) is 24.3 Å². The summed E-state index contributed by atoms with van der Waals surface area (Å²) in [5, 5.41) is 6.88. The normalized spacial score (nSPS) is 17.8. The largest absolute Gasteiger partial charge is 0.369 e. The molecule has 1 atom stereocenters. The average Bonchev–Trinajstić information content (AvgIpc) is 3.10. The molecule has 0 bridgehead atoms. The van der Waals surface area contributed by atoms with Gasteiger partial charge in [0.15, 0.2) is 5.96 Å². The number of aromatic nitrogens is 1. The third-order valence-electron chi connectivity index (χ3n) is 4.12. The second-order valence-corrected chi connectivity index (χ2v) is 5.93. The van der Waals surface area contributed by atoms with E-state index >= 15 is 0 Å². The molecule has 24 heavy (non-hydrogen) atoms. The number of para-hydroxylation sites is 1. The highest BCUT2D eigenvalue weighted by Gasteiger charge is 2.23. The van der Waals surface area contributed by atoms with Crippen molar-refractivity contribution >= 4 is 11.6 Å². The van der Waals surface area contributed by atoms with Crippen LogP contribution >= 0.6 is 0 Å². The Bertz CT molecular complexity index is 641. The molecule has 2 heterocycles. The molecule has 0 saturated carbocycles. The summed E-state index contributed by atoms with van der Waals surface area (Å²) in [6, 6.07) is 16.9. The van der Waals surface area contributed by atoms with Gasteiger partial charge in [-0.3, -0.25) is 4.98 Å². The maximum absolute atomic E-state index is 4.66. The van der Waals surface area contributed by atoms with Gasteiger partial charge in [0.1, 0.15) is 0 Å². The molecule has 2 aromatic rings. The zero-order valence-corrected chi connectivity index (χ0v) is 14.2. The standard InChI is InChI=1S/C19H25N5/c1-2-20-19(22-14-16-8-6-7-12-21-16)23-17-11-13-24(15-17)18-9-4-3-5-10-18/h3-10,12,17H,2,11,13-15H2,1H3,(H2,20,22,23). The molecular weight excluding hydrogens is 298 g/mol. The lowest BCUT2D eigenvalue weighted by atomic mass is 10.2. The smallest absolute Gasteiger partial charge is 0.191 e. The number of rotatable bonds is 5. The van der Waals surface area contributed by atoms with Crippen molar-refractivity contribution in [3.8, 4) is 0 Å². The van der Waals surface area contributed by atoms with Crippen LogP contribution in [0.15, 0.2) is 59.7 Å². The third kappa shape index (κ3) is 4.47. The second-order valence-electron chi connectivity index (χ2n) is 5.93. The van der Waals surface area contributed by atoms with Crippen LogP contribution in [0, 0.1) is 0 Å². The van der Waals surface area contributed by atoms with Gasteiger partial charge in [0, 0.05) is 37.6 Å². The van der Waals surface area contributed by atoms with Gasteiger partial charge in [0.2, 0.25) is 0 Å². The number of hydrogen-bond donors (Lipinski definition) is 2. The monoisotopic (exact) mass is 323 g/mol. The Kier molecular flexibility index (Phi) is 5.66. The molecule has 1 unspecified atom stereocenters. The van der Waals surface area contributed by atoms with Gasteiger partial charge >= 0.3 is 0 Å². The van der Waals surface area contributed by atoms with Gasteiger partial charge in [-0.15, -0.1) is 0 Å². The van der Waals surface area contributed by atoms with Crippen LogP contribution < -0.4 is 15.5 Å². The summed E-state index contributed by atoms with van der Waals surface area (Å²) in [5.41, 5.74) is 2.27. The van der Waals surface area contributed by atoms with E-state index in [1.165, 1.54) is 5.69 Å². The molecule has 1 aromatic carbocycles. The molecule has 3 rings (SSSR count). The highest BCUT2D eigenvalue weighted by Crippen LogP contribution is 2.19. The fourth-order valence-corrected chi connectivity index (χ4v) is 2.92. The number of hydrogen-bond acceptors (Lipinski definition) is 3. The van der Waals surface area contributed by atoms with Crippen LogP contribution in [0.4, 0.5) is 5.69 Å². The highest BCUT2D eigenvalue weighted by atomic mass is 15.2. The van der Waals surface area contributed by atoms with Gasteiger partial charge in [-0.05, 0) is 37.6 Å². The van der Waals surface area contributed by atoms with E-state index in [0.717, 1.165) is 37.7 Å². The molecule has 5 heteroatoms. The van der Waals surface area contributed by atoms with Gasteiger partial charge in [0.25, 0.3) is 0 Å². The number of nitrogens with one attached hydrogen (secondary N) is 2. The van der Waals surface area contributed by atoms with Crippen molar-refractivity contribution in [3.63, 3.8) is 0 Å². The lowest BCUT2D eigenvalue weighted by Gasteiger charge is -2.20. The van der Waals surface area contributed by atoms with E-state index < -0.39 is 0 Å². The van der Waals surface area contributed by atoms with Gasteiger partial charge in [-0.2, -0.15) is 0 Å². The first-order valence-electron chi connectivity index (χ1n) is 8.60. The Labute approximate surface area is 143 Å². The predicted molar refractivity (Wildman–Crippen MR) is 99.2 cm³/mol. The summed E-state index contributed by atoms with van der Waals surface area (Å²) in [6.07, 6.45) is 2.92. The summed E-state index contributed by atoms with van der Waals surface area (Å²) in [4.78, 5) is 11.4. The lowest BCUT2D eigenvalue weighted by molar-refractivity contribution is 0.649. The molecule has 1 saturated heterocycles. The molecule has 2 N–H and O–H groups in total. The first-order valence-corrected chi connectivity index (χ1v) is 8.60. The molecular formula is C19H25N5. The van der Waals surface area contributed by atoms with E-state index in [1.54, 1.807) is 6.20 Å². The maximum atomic E-state index is 4.66. The Balaban J connectivity index is 1.58. The fraction of sp³-hybridized carbons (Fsp3) is 0.368. The van der Waals surface area contributed by atoms with Crippen molar-refractivity contribution in [2.24, 2.45) is 4.99 Å². The average molecular weight is 323 g/mol. The van der Waals surface area contributed by atoms with Gasteiger partial charge < -0.3 is 15.5 Å². The second kappa shape index (κ2) is 8.34. The minimum atomic E-state index is 0.409. The summed E-state index contributed by atoms with van der Waals surface area (Å²) in [7, 11) is 0. The minimum absolute atomic E-state index is 0.409. The van der Waals surface area contributed by atoms with Crippen molar-refractivity contribution < 1.29 is 0 Å². The van der Waals surface area contributed by atoms with Gasteiger partial charge in [-0.25, -0.2) is 4.99 Å². The number of nitrogens with zero attached hydrogens (tertiary/aromatic N) is 3. The zero-order chi connectivity index (χ0) is 16.6. The summed E-state index contributed by atoms with van der Waals surface area (Å²) in [5.74, 6) is 0.864. The number of aliphatic imine (C=N–C) groups is 1. The third-order valence-corrected chi connectivity index (χ3v) is 4.12. The van der Waals surface area contributed by atoms with Crippen LogP contribution in [-0.2, 0) is 6.54 Å². The molecule has 0 amide bonds. The van der Waals surface area contributed by atoms with E-state index in [1.807, 2.05) is 18.2 Å². The Morgan fingerprint density at radius 2 is 2.04 bits per heavy atom. The molecule has 0 radical (unpaired) electrons. The van der Waals surface area contributed by atoms with E-state index in [2.05, 4.69) is 62.8 Å². The van der Waals surface area contributed by atoms with Crippen molar-refractivity contribution in [1.82, 2.24) is 15.6 Å². The maximum Gasteiger partial charge on any atom is 0.191 e.